The van der Waals surface area contributed by atoms with Crippen molar-refractivity contribution in [1.82, 2.24) is 4.98 Å². The minimum absolute atomic E-state index is 0.418. The first-order valence-corrected chi connectivity index (χ1v) is 9.09. The lowest BCUT2D eigenvalue weighted by atomic mass is 10.0. The first-order chi connectivity index (χ1) is 13.0. The smallest absolute Gasteiger partial charge is 0.338 e. The van der Waals surface area contributed by atoms with Gasteiger partial charge in [0.25, 0.3) is 0 Å². The number of ether oxygens (including phenoxy) is 4. The molecule has 0 saturated carbocycles. The van der Waals surface area contributed by atoms with Crippen molar-refractivity contribution in [2.45, 2.75) is 0 Å². The third-order valence-corrected chi connectivity index (χ3v) is 4.81. The van der Waals surface area contributed by atoms with Crippen molar-refractivity contribution in [2.75, 3.05) is 28.4 Å². The van der Waals surface area contributed by atoms with E-state index in [1.165, 1.54) is 7.11 Å². The predicted molar refractivity (Wildman–Crippen MR) is 111 cm³/mol. The molecule has 27 heavy (non-hydrogen) atoms. The fraction of sp³-hybridized carbons (Fsp3) is 0.200. The lowest BCUT2D eigenvalue weighted by Gasteiger charge is -2.15. The summed E-state index contributed by atoms with van der Waals surface area (Å²) in [6, 6.07) is 11.0. The van der Waals surface area contributed by atoms with Crippen molar-refractivity contribution in [2.24, 2.45) is 0 Å². The van der Waals surface area contributed by atoms with Crippen molar-refractivity contribution < 1.29 is 23.7 Å². The SMILES string of the molecule is COC(=O)c1cc(-c2cc(OC)c(OC)c(OC)c2)nc2ccc(I)cc12. The number of hydrogen-bond donors (Lipinski definition) is 0. The predicted octanol–water partition coefficient (Wildman–Crippen LogP) is 4.32. The van der Waals surface area contributed by atoms with Gasteiger partial charge < -0.3 is 18.9 Å². The van der Waals surface area contributed by atoms with Crippen LogP contribution in [0.25, 0.3) is 22.2 Å². The number of benzene rings is 2. The maximum absolute atomic E-state index is 12.3. The van der Waals surface area contributed by atoms with E-state index in [1.54, 1.807) is 39.5 Å². The minimum Gasteiger partial charge on any atom is -0.493 e. The minimum atomic E-state index is -0.418. The van der Waals surface area contributed by atoms with Crippen LogP contribution in [0.3, 0.4) is 0 Å². The molecular weight excluding hydrogens is 461 g/mol. The van der Waals surface area contributed by atoms with Gasteiger partial charge in [-0.05, 0) is 59.0 Å². The van der Waals surface area contributed by atoms with E-state index in [9.17, 15) is 4.79 Å². The Balaban J connectivity index is 2.29. The summed E-state index contributed by atoms with van der Waals surface area (Å²) in [6.45, 7) is 0. The summed E-state index contributed by atoms with van der Waals surface area (Å²) in [5.74, 6) is 1.09. The molecule has 6 nitrogen and oxygen atoms in total. The molecule has 2 aromatic carbocycles. The van der Waals surface area contributed by atoms with Gasteiger partial charge in [0.05, 0.1) is 45.2 Å². The summed E-state index contributed by atoms with van der Waals surface area (Å²) in [7, 11) is 6.01. The standard InChI is InChI=1S/C20H18INO5/c1-24-17-7-11(8-18(25-2)19(17)26-3)16-10-14(20(23)27-4)13-9-12(21)5-6-15(13)22-16/h5-10H,1-4H3. The van der Waals surface area contributed by atoms with Gasteiger partial charge in [0.2, 0.25) is 5.75 Å². The van der Waals surface area contributed by atoms with Crippen LogP contribution in [0, 0.1) is 3.57 Å². The van der Waals surface area contributed by atoms with Crippen molar-refractivity contribution in [3.8, 4) is 28.5 Å². The summed E-state index contributed by atoms with van der Waals surface area (Å²) >= 11 is 2.20. The second-order valence-electron chi connectivity index (χ2n) is 5.62. The molecule has 0 bridgehead atoms. The van der Waals surface area contributed by atoms with E-state index < -0.39 is 5.97 Å². The number of nitrogens with zero attached hydrogens (tertiary/aromatic N) is 1. The summed E-state index contributed by atoms with van der Waals surface area (Å²) in [5.41, 5.74) is 2.48. The summed E-state index contributed by atoms with van der Waals surface area (Å²) < 4.78 is 22.2. The zero-order valence-electron chi connectivity index (χ0n) is 15.3. The Bertz CT molecular complexity index is 994. The van der Waals surface area contributed by atoms with E-state index in [-0.39, 0.29) is 0 Å². The Morgan fingerprint density at radius 3 is 2.15 bits per heavy atom. The molecule has 1 aromatic heterocycles. The number of pyridine rings is 1. The van der Waals surface area contributed by atoms with E-state index >= 15 is 0 Å². The van der Waals surface area contributed by atoms with Gasteiger partial charge in [0.15, 0.2) is 11.5 Å². The van der Waals surface area contributed by atoms with Crippen molar-refractivity contribution >= 4 is 39.5 Å². The highest BCUT2D eigenvalue weighted by molar-refractivity contribution is 14.1. The highest BCUT2D eigenvalue weighted by Crippen LogP contribution is 2.41. The van der Waals surface area contributed by atoms with Gasteiger partial charge in [-0.1, -0.05) is 0 Å². The second-order valence-corrected chi connectivity index (χ2v) is 6.87. The van der Waals surface area contributed by atoms with Crippen LogP contribution in [-0.4, -0.2) is 39.4 Å². The molecule has 0 aliphatic carbocycles. The molecular formula is C20H18INO5. The Kier molecular flexibility index (Phi) is 5.69. The molecule has 0 atom stereocenters. The molecule has 0 spiro atoms. The van der Waals surface area contributed by atoms with Crippen LogP contribution in [0.5, 0.6) is 17.2 Å². The molecule has 3 aromatic rings. The van der Waals surface area contributed by atoms with Crippen molar-refractivity contribution in [1.29, 1.82) is 0 Å². The molecule has 0 amide bonds. The lowest BCUT2D eigenvalue weighted by Crippen LogP contribution is -2.04. The number of halogens is 1. The highest BCUT2D eigenvalue weighted by Gasteiger charge is 2.18. The largest absolute Gasteiger partial charge is 0.493 e. The quantitative estimate of drug-likeness (QED) is 0.401. The third-order valence-electron chi connectivity index (χ3n) is 4.14. The number of methoxy groups -OCH3 is 4. The van der Waals surface area contributed by atoms with E-state index in [1.807, 2.05) is 18.2 Å². The molecule has 0 fully saturated rings. The van der Waals surface area contributed by atoms with Crippen LogP contribution < -0.4 is 14.2 Å². The number of esters is 1. The molecule has 140 valence electrons. The fourth-order valence-electron chi connectivity index (χ4n) is 2.85. The van der Waals surface area contributed by atoms with E-state index in [4.69, 9.17) is 23.9 Å². The summed E-state index contributed by atoms with van der Waals surface area (Å²) in [4.78, 5) is 17.1. The van der Waals surface area contributed by atoms with E-state index in [2.05, 4.69) is 22.6 Å². The maximum Gasteiger partial charge on any atom is 0.338 e. The second kappa shape index (κ2) is 7.99. The van der Waals surface area contributed by atoms with E-state index in [0.29, 0.717) is 34.0 Å². The van der Waals surface area contributed by atoms with Crippen molar-refractivity contribution in [3.63, 3.8) is 0 Å². The first kappa shape index (κ1) is 19.2. The van der Waals surface area contributed by atoms with E-state index in [0.717, 1.165) is 14.5 Å². The number of rotatable bonds is 5. The molecule has 0 radical (unpaired) electrons. The van der Waals surface area contributed by atoms with Gasteiger partial charge in [-0.25, -0.2) is 9.78 Å². The summed E-state index contributed by atoms with van der Waals surface area (Å²) in [5, 5.41) is 0.741. The average molecular weight is 479 g/mol. The van der Waals surface area contributed by atoms with Crippen LogP contribution in [0.1, 0.15) is 10.4 Å². The number of aromatic nitrogens is 1. The van der Waals surface area contributed by atoms with Crippen LogP contribution in [-0.2, 0) is 4.74 Å². The number of carbonyl (C=O) groups is 1. The van der Waals surface area contributed by atoms with Crippen LogP contribution in [0.4, 0.5) is 0 Å². The molecule has 0 aliphatic rings. The number of carbonyl (C=O) groups excluding carboxylic acids is 1. The number of hydrogen-bond acceptors (Lipinski definition) is 6. The first-order valence-electron chi connectivity index (χ1n) is 8.01. The maximum atomic E-state index is 12.3. The average Bonchev–Trinajstić information content (AvgIpc) is 2.71. The van der Waals surface area contributed by atoms with Gasteiger partial charge in [0, 0.05) is 14.5 Å². The molecule has 7 heteroatoms. The highest BCUT2D eigenvalue weighted by atomic mass is 127. The topological polar surface area (TPSA) is 66.9 Å². The Morgan fingerprint density at radius 2 is 1.59 bits per heavy atom. The third kappa shape index (κ3) is 3.64. The normalized spacial score (nSPS) is 10.6. The lowest BCUT2D eigenvalue weighted by molar-refractivity contribution is 0.0603. The fourth-order valence-corrected chi connectivity index (χ4v) is 3.34. The van der Waals surface area contributed by atoms with Gasteiger partial charge in [-0.2, -0.15) is 0 Å². The van der Waals surface area contributed by atoms with Crippen LogP contribution >= 0.6 is 22.6 Å². The molecule has 3 rings (SSSR count). The van der Waals surface area contributed by atoms with Crippen LogP contribution in [0.15, 0.2) is 36.4 Å². The van der Waals surface area contributed by atoms with Gasteiger partial charge in [-0.15, -0.1) is 0 Å². The monoisotopic (exact) mass is 479 g/mol. The Hall–Kier alpha value is -2.55. The molecule has 0 unspecified atom stereocenters. The summed E-state index contributed by atoms with van der Waals surface area (Å²) in [6.07, 6.45) is 0. The van der Waals surface area contributed by atoms with Crippen molar-refractivity contribution in [3.05, 3.63) is 45.5 Å². The zero-order valence-corrected chi connectivity index (χ0v) is 17.5. The van der Waals surface area contributed by atoms with Crippen LogP contribution in [0.2, 0.25) is 0 Å². The van der Waals surface area contributed by atoms with Gasteiger partial charge in [0.1, 0.15) is 0 Å². The zero-order chi connectivity index (χ0) is 19.6. The molecule has 0 aliphatic heterocycles. The van der Waals surface area contributed by atoms with Gasteiger partial charge >= 0.3 is 5.97 Å². The molecule has 0 N–H and O–H groups in total. The Labute approximate surface area is 170 Å². The Morgan fingerprint density at radius 1 is 0.926 bits per heavy atom. The molecule has 1 heterocycles. The molecule has 0 saturated heterocycles. The number of fused-ring (bicyclic) bond motifs is 1. The van der Waals surface area contributed by atoms with Gasteiger partial charge in [-0.3, -0.25) is 0 Å².